The number of rotatable bonds is 8. The number of benzene rings is 1. The van der Waals surface area contributed by atoms with Gasteiger partial charge in [0, 0.05) is 37.5 Å². The molecule has 3 rings (SSSR count). The number of fused-ring (bicyclic) bond motifs is 1. The highest BCUT2D eigenvalue weighted by molar-refractivity contribution is 5.93. The highest BCUT2D eigenvalue weighted by Gasteiger charge is 2.26. The lowest BCUT2D eigenvalue weighted by atomic mass is 9.89. The molecule has 0 amide bonds. The molecule has 5 heteroatoms. The lowest BCUT2D eigenvalue weighted by Gasteiger charge is -2.32. The van der Waals surface area contributed by atoms with Crippen molar-refractivity contribution in [3.63, 3.8) is 0 Å². The molecule has 1 aliphatic rings. The molecule has 2 aromatic rings. The molecule has 4 nitrogen and oxygen atoms in total. The summed E-state index contributed by atoms with van der Waals surface area (Å²) in [6.45, 7) is 9.65. The van der Waals surface area contributed by atoms with E-state index in [1.165, 1.54) is 28.9 Å². The highest BCUT2D eigenvalue weighted by atomic mass is 19.1. The average Bonchev–Trinajstić information content (AvgIpc) is 2.76. The highest BCUT2D eigenvalue weighted by Crippen LogP contribution is 2.41. The summed E-state index contributed by atoms with van der Waals surface area (Å²) < 4.78 is 13.3. The third-order valence-corrected chi connectivity index (χ3v) is 5.73. The fraction of sp³-hybridized carbons (Fsp3) is 0.370. The van der Waals surface area contributed by atoms with Crippen molar-refractivity contribution >= 4 is 17.1 Å². The summed E-state index contributed by atoms with van der Waals surface area (Å²) in [7, 11) is 2.04. The van der Waals surface area contributed by atoms with E-state index in [1.807, 2.05) is 26.1 Å². The molecule has 1 aromatic carbocycles. The zero-order chi connectivity index (χ0) is 23.3. The van der Waals surface area contributed by atoms with Gasteiger partial charge in [0.15, 0.2) is 0 Å². The van der Waals surface area contributed by atoms with Crippen LogP contribution in [0, 0.1) is 12.7 Å². The lowest BCUT2D eigenvalue weighted by Crippen LogP contribution is -2.28. The van der Waals surface area contributed by atoms with Gasteiger partial charge in [0.05, 0.1) is 18.0 Å². The Morgan fingerprint density at radius 1 is 1.19 bits per heavy atom. The van der Waals surface area contributed by atoms with Crippen molar-refractivity contribution < 1.29 is 9.50 Å². The number of aliphatic hydroxyl groups excluding tert-OH is 1. The van der Waals surface area contributed by atoms with E-state index in [-0.39, 0.29) is 12.4 Å². The topological polar surface area (TPSA) is 39.6 Å². The SMILES string of the molecule is CC/C=C(/C)C1=CN(CCO)c2nc(C)c(N(C)Cc3ccc(F)cc3)cc2/C1=C\CC. The second kappa shape index (κ2) is 10.6. The van der Waals surface area contributed by atoms with Crippen molar-refractivity contribution in [3.05, 3.63) is 82.5 Å². The predicted octanol–water partition coefficient (Wildman–Crippen LogP) is 6.01. The monoisotopic (exact) mass is 435 g/mol. The summed E-state index contributed by atoms with van der Waals surface area (Å²) in [5, 5.41) is 9.67. The molecular formula is C27H34FN3O. The van der Waals surface area contributed by atoms with Crippen LogP contribution < -0.4 is 9.80 Å². The number of anilines is 2. The van der Waals surface area contributed by atoms with Gasteiger partial charge in [0.2, 0.25) is 0 Å². The van der Waals surface area contributed by atoms with Crippen LogP contribution in [0.15, 0.2) is 59.8 Å². The standard InChI is InChI=1S/C27H34FN3O/c1-6-8-19(3)25-18-31(14-15-32)27-24(23(25)9-7-2)16-26(20(4)29-27)30(5)17-21-10-12-22(28)13-11-21/h8-13,16,18,32H,6-7,14-15,17H2,1-5H3/b19-8-,23-9+. The van der Waals surface area contributed by atoms with E-state index in [2.05, 4.69) is 55.0 Å². The van der Waals surface area contributed by atoms with Crippen molar-refractivity contribution in [1.29, 1.82) is 0 Å². The molecule has 0 aliphatic carbocycles. The zero-order valence-electron chi connectivity index (χ0n) is 19.8. The normalized spacial score (nSPS) is 15.1. The van der Waals surface area contributed by atoms with Crippen LogP contribution in [0.1, 0.15) is 50.4 Å². The van der Waals surface area contributed by atoms with Crippen LogP contribution >= 0.6 is 0 Å². The summed E-state index contributed by atoms with van der Waals surface area (Å²) in [5.74, 6) is 0.652. The number of aliphatic hydroxyl groups is 1. The third kappa shape index (κ3) is 5.10. The van der Waals surface area contributed by atoms with Crippen molar-refractivity contribution in [2.45, 2.75) is 47.1 Å². The van der Waals surface area contributed by atoms with Gasteiger partial charge in [-0.2, -0.15) is 0 Å². The van der Waals surface area contributed by atoms with Crippen LogP contribution in [0.3, 0.4) is 0 Å². The number of hydrogen-bond acceptors (Lipinski definition) is 4. The van der Waals surface area contributed by atoms with Crippen LogP contribution in [-0.4, -0.2) is 30.3 Å². The van der Waals surface area contributed by atoms with Gasteiger partial charge in [-0.15, -0.1) is 0 Å². The summed E-state index contributed by atoms with van der Waals surface area (Å²) in [6, 6.07) is 8.83. The molecule has 0 bridgehead atoms. The number of nitrogens with zero attached hydrogens (tertiary/aromatic N) is 3. The number of hydrogen-bond donors (Lipinski definition) is 1. The van der Waals surface area contributed by atoms with E-state index < -0.39 is 0 Å². The first-order valence-electron chi connectivity index (χ1n) is 11.3. The van der Waals surface area contributed by atoms with Crippen LogP contribution in [0.4, 0.5) is 15.9 Å². The van der Waals surface area contributed by atoms with Crippen molar-refractivity contribution in [3.8, 4) is 0 Å². The number of aryl methyl sites for hydroxylation is 1. The van der Waals surface area contributed by atoms with E-state index in [0.29, 0.717) is 13.1 Å². The third-order valence-electron chi connectivity index (χ3n) is 5.73. The minimum Gasteiger partial charge on any atom is -0.395 e. The van der Waals surface area contributed by atoms with Gasteiger partial charge in [-0.3, -0.25) is 0 Å². The maximum Gasteiger partial charge on any atom is 0.140 e. The Bertz CT molecular complexity index is 1040. The van der Waals surface area contributed by atoms with E-state index in [0.717, 1.165) is 41.2 Å². The van der Waals surface area contributed by atoms with Gasteiger partial charge in [-0.25, -0.2) is 9.37 Å². The van der Waals surface area contributed by atoms with Gasteiger partial charge < -0.3 is 14.9 Å². The first-order valence-corrected chi connectivity index (χ1v) is 11.3. The van der Waals surface area contributed by atoms with Crippen LogP contribution in [0.2, 0.25) is 0 Å². The lowest BCUT2D eigenvalue weighted by molar-refractivity contribution is 0.305. The van der Waals surface area contributed by atoms with Gasteiger partial charge in [-0.1, -0.05) is 38.1 Å². The first-order chi connectivity index (χ1) is 15.4. The molecule has 0 radical (unpaired) electrons. The fourth-order valence-corrected chi connectivity index (χ4v) is 4.20. The largest absolute Gasteiger partial charge is 0.395 e. The molecule has 170 valence electrons. The number of allylic oxidation sites excluding steroid dienone is 5. The molecule has 0 saturated heterocycles. The van der Waals surface area contributed by atoms with Gasteiger partial charge in [0.1, 0.15) is 11.6 Å². The maximum atomic E-state index is 13.3. The predicted molar refractivity (Wildman–Crippen MR) is 132 cm³/mol. The zero-order valence-corrected chi connectivity index (χ0v) is 19.8. The molecule has 32 heavy (non-hydrogen) atoms. The average molecular weight is 436 g/mol. The van der Waals surface area contributed by atoms with Gasteiger partial charge in [0.25, 0.3) is 0 Å². The molecule has 0 saturated carbocycles. The van der Waals surface area contributed by atoms with E-state index >= 15 is 0 Å². The second-order valence-electron chi connectivity index (χ2n) is 8.23. The molecule has 2 heterocycles. The second-order valence-corrected chi connectivity index (χ2v) is 8.23. The molecule has 0 fully saturated rings. The smallest absolute Gasteiger partial charge is 0.140 e. The minimum atomic E-state index is -0.226. The van der Waals surface area contributed by atoms with Gasteiger partial charge >= 0.3 is 0 Å². The van der Waals surface area contributed by atoms with E-state index in [4.69, 9.17) is 4.98 Å². The Labute approximate surface area is 191 Å². The summed E-state index contributed by atoms with van der Waals surface area (Å²) in [4.78, 5) is 9.18. The fourth-order valence-electron chi connectivity index (χ4n) is 4.20. The molecular weight excluding hydrogens is 401 g/mol. The van der Waals surface area contributed by atoms with E-state index in [9.17, 15) is 9.50 Å². The Morgan fingerprint density at radius 2 is 1.91 bits per heavy atom. The number of halogens is 1. The molecule has 0 unspecified atom stereocenters. The van der Waals surface area contributed by atoms with E-state index in [1.54, 1.807) is 0 Å². The molecule has 0 spiro atoms. The van der Waals surface area contributed by atoms with Crippen molar-refractivity contribution in [2.75, 3.05) is 30.0 Å². The Morgan fingerprint density at radius 3 is 2.53 bits per heavy atom. The number of pyridine rings is 1. The summed E-state index contributed by atoms with van der Waals surface area (Å²) in [5.41, 5.74) is 7.66. The Hall–Kier alpha value is -2.92. The quantitative estimate of drug-likeness (QED) is 0.551. The minimum absolute atomic E-state index is 0.0551. The van der Waals surface area contributed by atoms with Crippen molar-refractivity contribution in [2.24, 2.45) is 0 Å². The summed E-state index contributed by atoms with van der Waals surface area (Å²) in [6.07, 6.45) is 8.50. The van der Waals surface area contributed by atoms with Gasteiger partial charge in [-0.05, 0) is 61.6 Å². The number of β-amino-alcohol motifs (C(OH)–C–C–N with tert-alkyl or cyclic N) is 1. The Balaban J connectivity index is 2.09. The molecule has 0 atom stereocenters. The molecule has 1 N–H and O–H groups in total. The van der Waals surface area contributed by atoms with Crippen LogP contribution in [0.5, 0.6) is 0 Å². The van der Waals surface area contributed by atoms with Crippen LogP contribution in [0.25, 0.3) is 5.57 Å². The maximum absolute atomic E-state index is 13.3. The first kappa shape index (κ1) is 23.7. The molecule has 1 aromatic heterocycles. The van der Waals surface area contributed by atoms with Crippen LogP contribution in [-0.2, 0) is 6.54 Å². The molecule has 1 aliphatic heterocycles. The number of aromatic nitrogens is 1. The van der Waals surface area contributed by atoms with Crippen molar-refractivity contribution in [1.82, 2.24) is 4.98 Å². The summed E-state index contributed by atoms with van der Waals surface area (Å²) >= 11 is 0. The Kier molecular flexibility index (Phi) is 7.86.